The van der Waals surface area contributed by atoms with E-state index in [-0.39, 0.29) is 0 Å². The molecule has 0 fully saturated rings. The van der Waals surface area contributed by atoms with E-state index < -0.39 is 24.3 Å². The van der Waals surface area contributed by atoms with Crippen molar-refractivity contribution in [3.63, 3.8) is 0 Å². The zero-order valence-corrected chi connectivity index (χ0v) is 10.8. The van der Waals surface area contributed by atoms with Crippen molar-refractivity contribution in [1.82, 2.24) is 0 Å². The standard InChI is InChI=1S/C11H13BrN2O3/c1-6-3-2-4-8(10(6)12)14-11(17)7(13)5-9(15)16/h2-4,7H,5,13H2,1H3,(H,14,17)(H,15,16). The molecule has 92 valence electrons. The quantitative estimate of drug-likeness (QED) is 0.785. The number of carboxylic acids is 1. The van der Waals surface area contributed by atoms with Gasteiger partial charge in [0.1, 0.15) is 0 Å². The van der Waals surface area contributed by atoms with Crippen molar-refractivity contribution in [2.45, 2.75) is 19.4 Å². The number of amides is 1. The molecule has 0 aromatic heterocycles. The first-order valence-electron chi connectivity index (χ1n) is 4.95. The highest BCUT2D eigenvalue weighted by atomic mass is 79.9. The fourth-order valence-corrected chi connectivity index (χ4v) is 1.61. The molecular weight excluding hydrogens is 288 g/mol. The van der Waals surface area contributed by atoms with Crippen LogP contribution in [0.2, 0.25) is 0 Å². The second-order valence-corrected chi connectivity index (χ2v) is 4.42. The number of nitrogens with one attached hydrogen (secondary N) is 1. The summed E-state index contributed by atoms with van der Waals surface area (Å²) >= 11 is 3.34. The van der Waals surface area contributed by atoms with E-state index in [1.54, 1.807) is 12.1 Å². The summed E-state index contributed by atoms with van der Waals surface area (Å²) in [6, 6.07) is 4.33. The minimum absolute atomic E-state index is 0.394. The van der Waals surface area contributed by atoms with Gasteiger partial charge in [-0.2, -0.15) is 0 Å². The molecule has 5 nitrogen and oxygen atoms in total. The average molecular weight is 301 g/mol. The highest BCUT2D eigenvalue weighted by Crippen LogP contribution is 2.25. The van der Waals surface area contributed by atoms with Gasteiger partial charge in [-0.3, -0.25) is 9.59 Å². The molecule has 0 saturated heterocycles. The zero-order valence-electron chi connectivity index (χ0n) is 9.24. The number of aliphatic carboxylic acids is 1. The maximum absolute atomic E-state index is 11.6. The number of carboxylic acid groups (broad SMARTS) is 1. The topological polar surface area (TPSA) is 92.4 Å². The number of anilines is 1. The molecule has 0 radical (unpaired) electrons. The van der Waals surface area contributed by atoms with Crippen molar-refractivity contribution in [2.75, 3.05) is 5.32 Å². The van der Waals surface area contributed by atoms with Crippen LogP contribution in [0.5, 0.6) is 0 Å². The molecule has 1 unspecified atom stereocenters. The van der Waals surface area contributed by atoms with Gasteiger partial charge in [-0.05, 0) is 34.5 Å². The molecule has 4 N–H and O–H groups in total. The molecule has 6 heteroatoms. The third-order valence-electron chi connectivity index (χ3n) is 2.18. The Kier molecular flexibility index (Phi) is 4.65. The molecule has 1 aromatic carbocycles. The SMILES string of the molecule is Cc1cccc(NC(=O)C(N)CC(=O)O)c1Br. The van der Waals surface area contributed by atoms with Crippen LogP contribution in [0.1, 0.15) is 12.0 Å². The number of nitrogens with two attached hydrogens (primary N) is 1. The first-order chi connectivity index (χ1) is 7.91. The third kappa shape index (κ3) is 3.83. The summed E-state index contributed by atoms with van der Waals surface area (Å²) < 4.78 is 0.760. The molecule has 0 saturated carbocycles. The van der Waals surface area contributed by atoms with Gasteiger partial charge in [-0.15, -0.1) is 0 Å². The molecule has 1 atom stereocenters. The number of halogens is 1. The molecule has 0 bridgehead atoms. The maximum Gasteiger partial charge on any atom is 0.305 e. The highest BCUT2D eigenvalue weighted by Gasteiger charge is 2.17. The zero-order chi connectivity index (χ0) is 13.0. The smallest absolute Gasteiger partial charge is 0.305 e. The van der Waals surface area contributed by atoms with Crippen LogP contribution in [0.3, 0.4) is 0 Å². The fourth-order valence-electron chi connectivity index (χ4n) is 1.25. The lowest BCUT2D eigenvalue weighted by molar-refractivity contribution is -0.138. The van der Waals surface area contributed by atoms with E-state index in [1.807, 2.05) is 13.0 Å². The van der Waals surface area contributed by atoms with Gasteiger partial charge in [0.25, 0.3) is 0 Å². The number of aryl methyl sites for hydroxylation is 1. The monoisotopic (exact) mass is 300 g/mol. The number of carbonyl (C=O) groups is 2. The van der Waals surface area contributed by atoms with E-state index in [4.69, 9.17) is 10.8 Å². The number of hydrogen-bond donors (Lipinski definition) is 3. The van der Waals surface area contributed by atoms with E-state index in [0.717, 1.165) is 10.0 Å². The average Bonchev–Trinajstić information content (AvgIpc) is 2.23. The Morgan fingerprint density at radius 2 is 2.18 bits per heavy atom. The Morgan fingerprint density at radius 3 is 2.76 bits per heavy atom. The van der Waals surface area contributed by atoms with Crippen LogP contribution in [-0.4, -0.2) is 23.0 Å². The van der Waals surface area contributed by atoms with E-state index in [0.29, 0.717) is 5.69 Å². The van der Waals surface area contributed by atoms with Gasteiger partial charge in [0.05, 0.1) is 18.2 Å². The van der Waals surface area contributed by atoms with E-state index in [9.17, 15) is 9.59 Å². The Bertz CT molecular complexity index is 448. The van der Waals surface area contributed by atoms with Gasteiger partial charge in [-0.1, -0.05) is 12.1 Å². The molecule has 1 amide bonds. The Hall–Kier alpha value is -1.40. The Labute approximate surface area is 107 Å². The minimum Gasteiger partial charge on any atom is -0.481 e. The van der Waals surface area contributed by atoms with Crippen LogP contribution in [0.15, 0.2) is 22.7 Å². The fraction of sp³-hybridized carbons (Fsp3) is 0.273. The molecule has 0 aliphatic carbocycles. The minimum atomic E-state index is -1.10. The largest absolute Gasteiger partial charge is 0.481 e. The van der Waals surface area contributed by atoms with Crippen LogP contribution >= 0.6 is 15.9 Å². The van der Waals surface area contributed by atoms with Crippen molar-refractivity contribution in [2.24, 2.45) is 5.73 Å². The first kappa shape index (κ1) is 13.7. The number of carbonyl (C=O) groups excluding carboxylic acids is 1. The number of hydrogen-bond acceptors (Lipinski definition) is 3. The highest BCUT2D eigenvalue weighted by molar-refractivity contribution is 9.10. The maximum atomic E-state index is 11.6. The molecule has 1 aromatic rings. The molecular formula is C11H13BrN2O3. The van der Waals surface area contributed by atoms with Crippen molar-refractivity contribution < 1.29 is 14.7 Å². The lowest BCUT2D eigenvalue weighted by Gasteiger charge is -2.12. The predicted octanol–water partition coefficient (Wildman–Crippen LogP) is 1.50. The van der Waals surface area contributed by atoms with E-state index >= 15 is 0 Å². The second kappa shape index (κ2) is 5.79. The van der Waals surface area contributed by atoms with Crippen LogP contribution in [-0.2, 0) is 9.59 Å². The van der Waals surface area contributed by atoms with Gasteiger partial charge in [0.15, 0.2) is 0 Å². The van der Waals surface area contributed by atoms with E-state index in [2.05, 4.69) is 21.2 Å². The van der Waals surface area contributed by atoms with E-state index in [1.165, 1.54) is 0 Å². The molecule has 1 rings (SSSR count). The number of benzene rings is 1. The second-order valence-electron chi connectivity index (χ2n) is 3.63. The molecule has 17 heavy (non-hydrogen) atoms. The van der Waals surface area contributed by atoms with Gasteiger partial charge in [0, 0.05) is 4.47 Å². The summed E-state index contributed by atoms with van der Waals surface area (Å²) in [5, 5.41) is 11.1. The predicted molar refractivity (Wildman–Crippen MR) is 67.7 cm³/mol. The Morgan fingerprint density at radius 1 is 1.53 bits per heavy atom. The van der Waals surface area contributed by atoms with Crippen LogP contribution < -0.4 is 11.1 Å². The van der Waals surface area contributed by atoms with Gasteiger partial charge in [0.2, 0.25) is 5.91 Å². The molecule has 0 heterocycles. The number of rotatable bonds is 4. The summed E-state index contributed by atoms with van der Waals surface area (Å²) in [4.78, 5) is 22.0. The summed E-state index contributed by atoms with van der Waals surface area (Å²) in [6.07, 6.45) is -0.394. The molecule has 0 spiro atoms. The van der Waals surface area contributed by atoms with Crippen LogP contribution in [0, 0.1) is 6.92 Å². The summed E-state index contributed by atoms with van der Waals surface area (Å²) in [5.41, 5.74) is 6.99. The Balaban J connectivity index is 2.74. The van der Waals surface area contributed by atoms with Crippen molar-refractivity contribution in [3.05, 3.63) is 28.2 Å². The van der Waals surface area contributed by atoms with Gasteiger partial charge >= 0.3 is 5.97 Å². The van der Waals surface area contributed by atoms with Crippen LogP contribution in [0.4, 0.5) is 5.69 Å². The van der Waals surface area contributed by atoms with Crippen LogP contribution in [0.25, 0.3) is 0 Å². The van der Waals surface area contributed by atoms with Gasteiger partial charge in [-0.25, -0.2) is 0 Å². The van der Waals surface area contributed by atoms with Crippen molar-refractivity contribution in [1.29, 1.82) is 0 Å². The molecule has 0 aliphatic rings. The van der Waals surface area contributed by atoms with Crippen molar-refractivity contribution in [3.8, 4) is 0 Å². The summed E-state index contributed by atoms with van der Waals surface area (Å²) in [7, 11) is 0. The molecule has 0 aliphatic heterocycles. The van der Waals surface area contributed by atoms with Crippen molar-refractivity contribution >= 4 is 33.5 Å². The first-order valence-corrected chi connectivity index (χ1v) is 5.74. The van der Waals surface area contributed by atoms with Gasteiger partial charge < -0.3 is 16.2 Å². The summed E-state index contributed by atoms with van der Waals surface area (Å²) in [5.74, 6) is -1.62. The third-order valence-corrected chi connectivity index (χ3v) is 3.23. The lowest BCUT2D eigenvalue weighted by atomic mass is 10.2. The normalized spacial score (nSPS) is 11.9. The lowest BCUT2D eigenvalue weighted by Crippen LogP contribution is -2.37. The summed E-state index contributed by atoms with van der Waals surface area (Å²) in [6.45, 7) is 1.89.